The average Bonchev–Trinajstić information content (AvgIpc) is 2.97. The number of H-pyrrole nitrogens is 1. The Kier molecular flexibility index (Phi) is 4.17. The molecule has 0 fully saturated rings. The molecule has 5 nitrogen and oxygen atoms in total. The molecule has 3 rings (SSSR count). The first kappa shape index (κ1) is 17.3. The second kappa shape index (κ2) is 5.79. The summed E-state index contributed by atoms with van der Waals surface area (Å²) in [5, 5.41) is 6.37. The van der Waals surface area contributed by atoms with Crippen molar-refractivity contribution in [2.45, 2.75) is 30.7 Å². The van der Waals surface area contributed by atoms with Crippen molar-refractivity contribution in [3.63, 3.8) is 0 Å². The van der Waals surface area contributed by atoms with Gasteiger partial charge in [-0.05, 0) is 30.2 Å². The summed E-state index contributed by atoms with van der Waals surface area (Å²) in [6.07, 6.45) is 1.28. The van der Waals surface area contributed by atoms with Crippen LogP contribution in [0.4, 0.5) is 8.78 Å². The largest absolute Gasteiger partial charge is 0.302 e. The number of nitrogens with zero attached hydrogens (tertiary/aromatic N) is 2. The van der Waals surface area contributed by atoms with Gasteiger partial charge in [-0.1, -0.05) is 25.4 Å². The van der Waals surface area contributed by atoms with Gasteiger partial charge in [-0.15, -0.1) is 0 Å². The molecule has 0 spiro atoms. The summed E-state index contributed by atoms with van der Waals surface area (Å²) in [4.78, 5) is -0.0692. The zero-order valence-electron chi connectivity index (χ0n) is 13.0. The van der Waals surface area contributed by atoms with Gasteiger partial charge in [0.15, 0.2) is 0 Å². The lowest BCUT2D eigenvalue weighted by Gasteiger charge is -2.39. The van der Waals surface area contributed by atoms with Crippen LogP contribution in [0.3, 0.4) is 0 Å². The molecule has 0 amide bonds. The SMILES string of the molecule is CC(C)C1c2cn[nH]c2C(F)(F)CN1S(=O)(=O)c1ccc(Cl)cc1. The maximum absolute atomic E-state index is 14.4. The molecule has 9 heteroatoms. The second-order valence-electron chi connectivity index (χ2n) is 6.10. The fraction of sp³-hybridized carbons (Fsp3) is 0.400. The third-order valence-electron chi connectivity index (χ3n) is 4.07. The first-order valence-electron chi connectivity index (χ1n) is 7.33. The van der Waals surface area contributed by atoms with Crippen LogP contribution in [-0.4, -0.2) is 29.5 Å². The lowest BCUT2D eigenvalue weighted by Crippen LogP contribution is -2.48. The summed E-state index contributed by atoms with van der Waals surface area (Å²) in [5.74, 6) is -3.55. The fourth-order valence-electron chi connectivity index (χ4n) is 3.01. The van der Waals surface area contributed by atoms with Crippen LogP contribution in [0.2, 0.25) is 5.02 Å². The smallest absolute Gasteiger partial charge is 0.276 e. The van der Waals surface area contributed by atoms with E-state index in [-0.39, 0.29) is 22.1 Å². The van der Waals surface area contributed by atoms with Crippen LogP contribution in [0, 0.1) is 5.92 Å². The van der Waals surface area contributed by atoms with Gasteiger partial charge in [-0.25, -0.2) is 8.42 Å². The predicted octanol–water partition coefficient (Wildman–Crippen LogP) is 3.56. The van der Waals surface area contributed by atoms with Crippen molar-refractivity contribution in [2.24, 2.45) is 5.92 Å². The first-order valence-corrected chi connectivity index (χ1v) is 9.15. The molecule has 1 aliphatic rings. The molecule has 1 aromatic heterocycles. The van der Waals surface area contributed by atoms with E-state index >= 15 is 0 Å². The fourth-order valence-corrected chi connectivity index (χ4v) is 4.87. The molecule has 24 heavy (non-hydrogen) atoms. The van der Waals surface area contributed by atoms with Gasteiger partial charge >= 0.3 is 5.92 Å². The van der Waals surface area contributed by atoms with Crippen molar-refractivity contribution >= 4 is 21.6 Å². The van der Waals surface area contributed by atoms with E-state index in [1.54, 1.807) is 13.8 Å². The van der Waals surface area contributed by atoms with Crippen LogP contribution in [0.5, 0.6) is 0 Å². The van der Waals surface area contributed by atoms with Gasteiger partial charge in [0.1, 0.15) is 5.69 Å². The first-order chi connectivity index (χ1) is 11.1. The van der Waals surface area contributed by atoms with Gasteiger partial charge in [0.05, 0.1) is 23.7 Å². The Morgan fingerprint density at radius 1 is 1.33 bits per heavy atom. The van der Waals surface area contributed by atoms with Gasteiger partial charge in [-0.3, -0.25) is 5.10 Å². The quantitative estimate of drug-likeness (QED) is 0.892. The molecule has 1 aliphatic heterocycles. The molecule has 130 valence electrons. The summed E-state index contributed by atoms with van der Waals surface area (Å²) < 4.78 is 55.6. The maximum Gasteiger partial charge on any atom is 0.302 e. The molecule has 1 unspecified atom stereocenters. The maximum atomic E-state index is 14.4. The Labute approximate surface area is 143 Å². The van der Waals surface area contributed by atoms with Gasteiger partial charge in [-0.2, -0.15) is 18.2 Å². The lowest BCUT2D eigenvalue weighted by atomic mass is 9.91. The minimum absolute atomic E-state index is 0.0692. The topological polar surface area (TPSA) is 66.1 Å². The van der Waals surface area contributed by atoms with Crippen LogP contribution in [0.1, 0.15) is 31.1 Å². The Bertz CT molecular complexity index is 850. The molecule has 0 bridgehead atoms. The summed E-state index contributed by atoms with van der Waals surface area (Å²) in [6, 6.07) is 4.75. The molecular weight excluding hydrogens is 360 g/mol. The van der Waals surface area contributed by atoms with E-state index in [0.29, 0.717) is 5.02 Å². The minimum Gasteiger partial charge on any atom is -0.276 e. The molecule has 2 aromatic rings. The molecule has 0 saturated heterocycles. The van der Waals surface area contributed by atoms with Gasteiger partial charge in [0.25, 0.3) is 0 Å². The van der Waals surface area contributed by atoms with Crippen LogP contribution in [0.25, 0.3) is 0 Å². The van der Waals surface area contributed by atoms with Gasteiger partial charge in [0.2, 0.25) is 10.0 Å². The number of aromatic nitrogens is 2. The minimum atomic E-state index is -4.11. The van der Waals surface area contributed by atoms with E-state index < -0.39 is 28.5 Å². The van der Waals surface area contributed by atoms with E-state index in [9.17, 15) is 17.2 Å². The number of rotatable bonds is 3. The number of hydrogen-bond donors (Lipinski definition) is 1. The molecule has 0 radical (unpaired) electrons. The molecular formula is C15H16ClF2N3O2S. The molecule has 1 aromatic carbocycles. The molecule has 0 aliphatic carbocycles. The monoisotopic (exact) mass is 375 g/mol. The normalized spacial score (nSPS) is 21.0. The number of fused-ring (bicyclic) bond motifs is 1. The van der Waals surface area contributed by atoms with Crippen LogP contribution < -0.4 is 0 Å². The zero-order valence-corrected chi connectivity index (χ0v) is 14.6. The second-order valence-corrected chi connectivity index (χ2v) is 8.42. The lowest BCUT2D eigenvalue weighted by molar-refractivity contribution is -0.0482. The van der Waals surface area contributed by atoms with Gasteiger partial charge in [0, 0.05) is 10.6 Å². The van der Waals surface area contributed by atoms with Crippen molar-refractivity contribution in [3.05, 3.63) is 46.7 Å². The Morgan fingerprint density at radius 3 is 2.54 bits per heavy atom. The number of nitrogens with one attached hydrogen (secondary N) is 1. The highest BCUT2D eigenvalue weighted by atomic mass is 35.5. The van der Waals surface area contributed by atoms with Crippen molar-refractivity contribution in [1.29, 1.82) is 0 Å². The average molecular weight is 376 g/mol. The standard InChI is InChI=1S/C15H16ClF2N3O2S/c1-9(2)13-12-7-19-20-14(12)15(17,18)8-21(13)24(22,23)11-5-3-10(16)4-6-11/h3-7,9,13H,8H2,1-2H3,(H,19,20). The van der Waals surface area contributed by atoms with Crippen molar-refractivity contribution in [3.8, 4) is 0 Å². The number of benzene rings is 1. The van der Waals surface area contributed by atoms with Crippen molar-refractivity contribution in [2.75, 3.05) is 6.54 Å². The highest BCUT2D eigenvalue weighted by Gasteiger charge is 2.51. The van der Waals surface area contributed by atoms with E-state index in [2.05, 4.69) is 10.2 Å². The summed E-state index contributed by atoms with van der Waals surface area (Å²) >= 11 is 5.78. The Hall–Kier alpha value is -1.51. The number of aromatic amines is 1. The molecule has 1 atom stereocenters. The van der Waals surface area contributed by atoms with Gasteiger partial charge < -0.3 is 0 Å². The highest BCUT2D eigenvalue weighted by molar-refractivity contribution is 7.89. The van der Waals surface area contributed by atoms with E-state index in [1.165, 1.54) is 30.5 Å². The summed E-state index contributed by atoms with van der Waals surface area (Å²) in [7, 11) is -4.11. The van der Waals surface area contributed by atoms with Crippen LogP contribution in [0.15, 0.2) is 35.4 Å². The van der Waals surface area contributed by atoms with E-state index in [0.717, 1.165) is 4.31 Å². The predicted molar refractivity (Wildman–Crippen MR) is 85.4 cm³/mol. The van der Waals surface area contributed by atoms with Crippen LogP contribution in [-0.2, 0) is 15.9 Å². The van der Waals surface area contributed by atoms with E-state index in [1.807, 2.05) is 0 Å². The Morgan fingerprint density at radius 2 is 1.96 bits per heavy atom. The molecule has 0 saturated carbocycles. The number of alkyl halides is 2. The van der Waals surface area contributed by atoms with E-state index in [4.69, 9.17) is 11.6 Å². The number of hydrogen-bond acceptors (Lipinski definition) is 3. The zero-order chi connectivity index (χ0) is 17.7. The summed E-state index contributed by atoms with van der Waals surface area (Å²) in [6.45, 7) is 2.64. The Balaban J connectivity index is 2.14. The third-order valence-corrected chi connectivity index (χ3v) is 6.16. The third kappa shape index (κ3) is 2.72. The number of sulfonamides is 1. The number of halogens is 3. The van der Waals surface area contributed by atoms with Crippen molar-refractivity contribution in [1.82, 2.24) is 14.5 Å². The molecule has 1 N–H and O–H groups in total. The summed E-state index contributed by atoms with van der Waals surface area (Å²) in [5.41, 5.74) is -0.109. The van der Waals surface area contributed by atoms with Crippen LogP contribution >= 0.6 is 11.6 Å². The van der Waals surface area contributed by atoms with Crippen molar-refractivity contribution < 1.29 is 17.2 Å². The highest BCUT2D eigenvalue weighted by Crippen LogP contribution is 2.45. The molecule has 2 heterocycles.